The lowest BCUT2D eigenvalue weighted by atomic mass is 10.1. The monoisotopic (exact) mass is 233 g/mol. The molecule has 5 heteroatoms. The second-order valence-electron chi connectivity index (χ2n) is 3.51. The van der Waals surface area contributed by atoms with Gasteiger partial charge in [-0.25, -0.2) is 0 Å². The van der Waals surface area contributed by atoms with E-state index in [1.54, 1.807) is 6.07 Å². The van der Waals surface area contributed by atoms with Crippen LogP contribution in [0, 0.1) is 0 Å². The van der Waals surface area contributed by atoms with Crippen molar-refractivity contribution in [2.24, 2.45) is 0 Å². The molecule has 0 unspecified atom stereocenters. The number of hydrogen-bond acceptors (Lipinski definition) is 3. The number of nitrogens with zero attached hydrogens (tertiary/aromatic N) is 1. The second kappa shape index (κ2) is 3.28. The molecule has 2 heterocycles. The molecule has 0 amide bonds. The molecule has 0 radical (unpaired) electrons. The molecule has 4 nitrogen and oxygen atoms in total. The molecule has 0 aliphatic heterocycles. The van der Waals surface area contributed by atoms with Crippen LogP contribution in [-0.2, 0) is 0 Å². The van der Waals surface area contributed by atoms with E-state index >= 15 is 0 Å². The smallest absolute Gasteiger partial charge is 0.170 e. The van der Waals surface area contributed by atoms with Crippen LogP contribution in [0.5, 0.6) is 0 Å². The van der Waals surface area contributed by atoms with Crippen LogP contribution in [0.3, 0.4) is 0 Å². The highest BCUT2D eigenvalue weighted by molar-refractivity contribution is 6.34. The Hall–Kier alpha value is -1.94. The molecular formula is C11H8ClN3O. The lowest BCUT2D eigenvalue weighted by Gasteiger charge is -2.00. The van der Waals surface area contributed by atoms with Crippen LogP contribution < -0.4 is 5.73 Å². The van der Waals surface area contributed by atoms with Gasteiger partial charge in [0.25, 0.3) is 0 Å². The third-order valence-electron chi connectivity index (χ3n) is 2.43. The van der Waals surface area contributed by atoms with Crippen molar-refractivity contribution in [2.45, 2.75) is 0 Å². The molecule has 0 fully saturated rings. The van der Waals surface area contributed by atoms with Crippen LogP contribution in [0.2, 0.25) is 5.02 Å². The van der Waals surface area contributed by atoms with Crippen molar-refractivity contribution in [1.82, 2.24) is 10.1 Å². The van der Waals surface area contributed by atoms with Crippen LogP contribution in [0.15, 0.2) is 35.0 Å². The first kappa shape index (κ1) is 9.30. The van der Waals surface area contributed by atoms with Gasteiger partial charge in [-0.05, 0) is 18.2 Å². The maximum atomic E-state index is 6.16. The quantitative estimate of drug-likeness (QED) is 0.679. The average molecular weight is 234 g/mol. The second-order valence-corrected chi connectivity index (χ2v) is 3.92. The van der Waals surface area contributed by atoms with Gasteiger partial charge in [0, 0.05) is 28.7 Å². The van der Waals surface area contributed by atoms with E-state index in [1.807, 2.05) is 24.4 Å². The number of nitrogens with two attached hydrogens (primary N) is 1. The van der Waals surface area contributed by atoms with Crippen LogP contribution in [0.25, 0.3) is 22.2 Å². The summed E-state index contributed by atoms with van der Waals surface area (Å²) in [6.45, 7) is 0. The molecule has 0 saturated carbocycles. The van der Waals surface area contributed by atoms with Crippen molar-refractivity contribution in [3.05, 3.63) is 35.5 Å². The SMILES string of the molecule is Nc1cc(-c2cc3[nH]ccc3cc2Cl)on1. The molecule has 2 aromatic heterocycles. The molecule has 3 rings (SSSR count). The highest BCUT2D eigenvalue weighted by Crippen LogP contribution is 2.32. The molecule has 16 heavy (non-hydrogen) atoms. The lowest BCUT2D eigenvalue weighted by Crippen LogP contribution is -1.80. The van der Waals surface area contributed by atoms with Gasteiger partial charge in [0.15, 0.2) is 11.6 Å². The minimum Gasteiger partial charge on any atom is -0.381 e. The number of nitrogen functional groups attached to an aromatic ring is 1. The van der Waals surface area contributed by atoms with Gasteiger partial charge in [-0.15, -0.1) is 0 Å². The maximum absolute atomic E-state index is 6.16. The van der Waals surface area contributed by atoms with Gasteiger partial charge >= 0.3 is 0 Å². The van der Waals surface area contributed by atoms with E-state index in [2.05, 4.69) is 10.1 Å². The summed E-state index contributed by atoms with van der Waals surface area (Å²) in [6, 6.07) is 7.40. The van der Waals surface area contributed by atoms with Crippen molar-refractivity contribution in [1.29, 1.82) is 0 Å². The number of hydrogen-bond donors (Lipinski definition) is 2. The minimum absolute atomic E-state index is 0.345. The van der Waals surface area contributed by atoms with Gasteiger partial charge < -0.3 is 15.2 Å². The maximum Gasteiger partial charge on any atom is 0.170 e. The number of benzene rings is 1. The predicted molar refractivity (Wildman–Crippen MR) is 63.2 cm³/mol. The van der Waals surface area contributed by atoms with Crippen LogP contribution >= 0.6 is 11.6 Å². The summed E-state index contributed by atoms with van der Waals surface area (Å²) in [5.41, 5.74) is 7.28. The summed E-state index contributed by atoms with van der Waals surface area (Å²) >= 11 is 6.16. The fourth-order valence-electron chi connectivity index (χ4n) is 1.68. The number of nitrogens with one attached hydrogen (secondary N) is 1. The summed E-state index contributed by atoms with van der Waals surface area (Å²) in [5.74, 6) is 0.914. The fraction of sp³-hybridized carbons (Fsp3) is 0. The molecule has 3 aromatic rings. The standard InChI is InChI=1S/C11H8ClN3O/c12-8-3-6-1-2-14-9(6)4-7(8)10-5-11(13)15-16-10/h1-5,14H,(H2,13,15). The molecule has 0 atom stereocenters. The zero-order valence-corrected chi connectivity index (χ0v) is 8.95. The number of fused-ring (bicyclic) bond motifs is 1. The Labute approximate surface area is 96.0 Å². The number of aromatic amines is 1. The molecule has 80 valence electrons. The summed E-state index contributed by atoms with van der Waals surface area (Å²) < 4.78 is 5.08. The molecule has 1 aromatic carbocycles. The van der Waals surface area contributed by atoms with Gasteiger partial charge in [-0.1, -0.05) is 16.8 Å². The molecule has 3 N–H and O–H groups in total. The van der Waals surface area contributed by atoms with Crippen molar-refractivity contribution < 1.29 is 4.52 Å². The van der Waals surface area contributed by atoms with E-state index in [1.165, 1.54) is 0 Å². The van der Waals surface area contributed by atoms with Gasteiger partial charge in [0.1, 0.15) is 0 Å². The topological polar surface area (TPSA) is 67.8 Å². The Kier molecular flexibility index (Phi) is 1.91. The van der Waals surface area contributed by atoms with Crippen molar-refractivity contribution >= 4 is 28.3 Å². The van der Waals surface area contributed by atoms with E-state index in [9.17, 15) is 0 Å². The van der Waals surface area contributed by atoms with E-state index in [0.29, 0.717) is 16.6 Å². The lowest BCUT2D eigenvalue weighted by molar-refractivity contribution is 0.436. The van der Waals surface area contributed by atoms with Gasteiger partial charge in [-0.3, -0.25) is 0 Å². The summed E-state index contributed by atoms with van der Waals surface area (Å²) in [6.07, 6.45) is 1.86. The van der Waals surface area contributed by atoms with Crippen LogP contribution in [-0.4, -0.2) is 10.1 Å². The summed E-state index contributed by atoms with van der Waals surface area (Å²) in [7, 11) is 0. The normalized spacial score (nSPS) is 11.1. The van der Waals surface area contributed by atoms with Gasteiger partial charge in [0.05, 0.1) is 5.02 Å². The molecule has 0 spiro atoms. The fourth-order valence-corrected chi connectivity index (χ4v) is 1.94. The van der Waals surface area contributed by atoms with Crippen molar-refractivity contribution in [3.8, 4) is 11.3 Å². The Bertz CT molecular complexity index is 656. The number of anilines is 1. The first-order valence-electron chi connectivity index (χ1n) is 4.73. The molecule has 0 aliphatic carbocycles. The first-order valence-corrected chi connectivity index (χ1v) is 5.11. The van der Waals surface area contributed by atoms with E-state index in [-0.39, 0.29) is 0 Å². The van der Waals surface area contributed by atoms with Crippen molar-refractivity contribution in [2.75, 3.05) is 5.73 Å². The highest BCUT2D eigenvalue weighted by Gasteiger charge is 2.10. The third kappa shape index (κ3) is 1.35. The molecule has 0 bridgehead atoms. The summed E-state index contributed by atoms with van der Waals surface area (Å²) in [5, 5.41) is 5.31. The van der Waals surface area contributed by atoms with E-state index in [0.717, 1.165) is 16.5 Å². The van der Waals surface area contributed by atoms with Crippen molar-refractivity contribution in [3.63, 3.8) is 0 Å². The Balaban J connectivity index is 2.26. The van der Waals surface area contributed by atoms with Crippen LogP contribution in [0.1, 0.15) is 0 Å². The Morgan fingerprint density at radius 3 is 2.94 bits per heavy atom. The summed E-state index contributed by atoms with van der Waals surface area (Å²) in [4.78, 5) is 3.11. The van der Waals surface area contributed by atoms with E-state index < -0.39 is 0 Å². The Morgan fingerprint density at radius 2 is 2.19 bits per heavy atom. The average Bonchev–Trinajstić information content (AvgIpc) is 2.84. The Morgan fingerprint density at radius 1 is 1.31 bits per heavy atom. The third-order valence-corrected chi connectivity index (χ3v) is 2.75. The molecule has 0 saturated heterocycles. The zero-order chi connectivity index (χ0) is 11.1. The zero-order valence-electron chi connectivity index (χ0n) is 8.20. The largest absolute Gasteiger partial charge is 0.381 e. The number of halogens is 1. The van der Waals surface area contributed by atoms with Gasteiger partial charge in [0.2, 0.25) is 0 Å². The van der Waals surface area contributed by atoms with Gasteiger partial charge in [-0.2, -0.15) is 0 Å². The first-order chi connectivity index (χ1) is 7.74. The van der Waals surface area contributed by atoms with E-state index in [4.69, 9.17) is 21.9 Å². The number of aromatic nitrogens is 2. The predicted octanol–water partition coefficient (Wildman–Crippen LogP) is 3.06. The molecule has 0 aliphatic rings. The molecular weight excluding hydrogens is 226 g/mol. The number of rotatable bonds is 1. The highest BCUT2D eigenvalue weighted by atomic mass is 35.5. The van der Waals surface area contributed by atoms with Crippen LogP contribution in [0.4, 0.5) is 5.82 Å². The number of H-pyrrole nitrogens is 1. The minimum atomic E-state index is 0.345.